The summed E-state index contributed by atoms with van der Waals surface area (Å²) in [6, 6.07) is 6.67. The Bertz CT molecular complexity index is 781. The highest BCUT2D eigenvalue weighted by Crippen LogP contribution is 2.12. The van der Waals surface area contributed by atoms with Gasteiger partial charge in [0.1, 0.15) is 23.3 Å². The maximum atomic E-state index is 13.0. The van der Waals surface area contributed by atoms with E-state index in [9.17, 15) is 19.2 Å². The van der Waals surface area contributed by atoms with Gasteiger partial charge >= 0.3 is 12.1 Å². The van der Waals surface area contributed by atoms with E-state index in [1.165, 1.54) is 0 Å². The number of nitrogens with one attached hydrogen (secondary N) is 2. The summed E-state index contributed by atoms with van der Waals surface area (Å²) in [6.07, 6.45) is -1.08. The number of primary amides is 1. The van der Waals surface area contributed by atoms with Crippen LogP contribution in [0, 0.1) is 0 Å². The van der Waals surface area contributed by atoms with Crippen molar-refractivity contribution in [3.8, 4) is 0 Å². The standard InChI is InChI=1S/C22H33N3O6/c1-21(2,3)30-19(28)16(13-17(23)26)24-18(27)15(12-14-10-8-7-9-11-14)25-20(29)31-22(4,5)6/h7-11,15-16H,12-13H2,1-6H3,(H2,23,26)(H,24,27)(H,25,29)/t15-,16-/m0/s1. The van der Waals surface area contributed by atoms with Crippen LogP contribution in [0.1, 0.15) is 53.5 Å². The lowest BCUT2D eigenvalue weighted by Gasteiger charge is -2.26. The molecule has 3 amide bonds. The van der Waals surface area contributed by atoms with Gasteiger partial charge in [0.05, 0.1) is 6.42 Å². The van der Waals surface area contributed by atoms with Crippen molar-refractivity contribution in [1.82, 2.24) is 10.6 Å². The second-order valence-corrected chi connectivity index (χ2v) is 9.15. The average Bonchev–Trinajstić information content (AvgIpc) is 2.58. The van der Waals surface area contributed by atoms with Crippen LogP contribution in [-0.4, -0.2) is 47.2 Å². The Labute approximate surface area is 183 Å². The molecule has 2 atom stereocenters. The van der Waals surface area contributed by atoms with Gasteiger partial charge in [0.15, 0.2) is 0 Å². The molecule has 0 saturated heterocycles. The molecule has 0 aliphatic heterocycles. The SMILES string of the molecule is CC(C)(C)OC(=O)N[C@@H](Cc1ccccc1)C(=O)N[C@@H](CC(N)=O)C(=O)OC(C)(C)C. The molecule has 31 heavy (non-hydrogen) atoms. The molecule has 0 aromatic heterocycles. The third-order valence-electron chi connectivity index (χ3n) is 3.70. The van der Waals surface area contributed by atoms with Crippen molar-refractivity contribution in [2.75, 3.05) is 0 Å². The third kappa shape index (κ3) is 11.0. The van der Waals surface area contributed by atoms with Gasteiger partial charge in [-0.25, -0.2) is 9.59 Å². The minimum absolute atomic E-state index is 0.142. The maximum absolute atomic E-state index is 13.0. The average molecular weight is 436 g/mol. The monoisotopic (exact) mass is 435 g/mol. The number of hydrogen-bond acceptors (Lipinski definition) is 6. The predicted octanol–water partition coefficient (Wildman–Crippen LogP) is 1.82. The quantitative estimate of drug-likeness (QED) is 0.533. The Morgan fingerprint density at radius 1 is 0.871 bits per heavy atom. The summed E-state index contributed by atoms with van der Waals surface area (Å²) in [5.41, 5.74) is 4.43. The lowest BCUT2D eigenvalue weighted by atomic mass is 10.0. The van der Waals surface area contributed by atoms with Gasteiger partial charge < -0.3 is 25.8 Å². The van der Waals surface area contributed by atoms with E-state index in [-0.39, 0.29) is 6.42 Å². The van der Waals surface area contributed by atoms with Crippen molar-refractivity contribution in [2.45, 2.75) is 77.7 Å². The number of hydrogen-bond donors (Lipinski definition) is 3. The first-order valence-electron chi connectivity index (χ1n) is 10.0. The molecule has 0 aliphatic rings. The minimum atomic E-state index is -1.29. The molecule has 0 spiro atoms. The van der Waals surface area contributed by atoms with Crippen LogP contribution in [0.5, 0.6) is 0 Å². The smallest absolute Gasteiger partial charge is 0.408 e. The van der Waals surface area contributed by atoms with Gasteiger partial charge in [-0.15, -0.1) is 0 Å². The minimum Gasteiger partial charge on any atom is -0.458 e. The number of rotatable bonds is 8. The summed E-state index contributed by atoms with van der Waals surface area (Å²) in [5, 5.41) is 5.00. The van der Waals surface area contributed by atoms with Crippen LogP contribution >= 0.6 is 0 Å². The fourth-order valence-electron chi connectivity index (χ4n) is 2.55. The second kappa shape index (κ2) is 10.8. The fraction of sp³-hybridized carbons (Fsp3) is 0.545. The highest BCUT2D eigenvalue weighted by molar-refractivity contribution is 5.92. The number of carbonyl (C=O) groups is 4. The number of alkyl carbamates (subject to hydrolysis) is 1. The van der Waals surface area contributed by atoms with Gasteiger partial charge in [-0.05, 0) is 47.1 Å². The largest absolute Gasteiger partial charge is 0.458 e. The number of ether oxygens (including phenoxy) is 2. The van der Waals surface area contributed by atoms with Crippen LogP contribution in [0.15, 0.2) is 30.3 Å². The molecule has 1 aromatic carbocycles. The molecule has 1 aromatic rings. The maximum Gasteiger partial charge on any atom is 0.408 e. The van der Waals surface area contributed by atoms with E-state index < -0.39 is 53.6 Å². The van der Waals surface area contributed by atoms with Crippen LogP contribution in [-0.2, 0) is 30.3 Å². The highest BCUT2D eigenvalue weighted by Gasteiger charge is 2.32. The van der Waals surface area contributed by atoms with Crippen LogP contribution < -0.4 is 16.4 Å². The first kappa shape index (κ1) is 25.9. The van der Waals surface area contributed by atoms with Gasteiger partial charge in [0.25, 0.3) is 0 Å². The summed E-state index contributed by atoms with van der Waals surface area (Å²) in [6.45, 7) is 10.1. The van der Waals surface area contributed by atoms with Gasteiger partial charge in [-0.1, -0.05) is 30.3 Å². The van der Waals surface area contributed by atoms with Gasteiger partial charge in [0.2, 0.25) is 11.8 Å². The lowest BCUT2D eigenvalue weighted by Crippen LogP contribution is -2.54. The lowest BCUT2D eigenvalue weighted by molar-refractivity contribution is -0.159. The Morgan fingerprint density at radius 2 is 1.42 bits per heavy atom. The fourth-order valence-corrected chi connectivity index (χ4v) is 2.55. The van der Waals surface area contributed by atoms with E-state index in [0.29, 0.717) is 0 Å². The number of benzene rings is 1. The van der Waals surface area contributed by atoms with Gasteiger partial charge in [0, 0.05) is 6.42 Å². The van der Waals surface area contributed by atoms with Gasteiger partial charge in [-0.3, -0.25) is 9.59 Å². The van der Waals surface area contributed by atoms with E-state index in [1.807, 2.05) is 6.07 Å². The molecule has 172 valence electrons. The molecular weight excluding hydrogens is 402 g/mol. The molecule has 0 saturated carbocycles. The third-order valence-corrected chi connectivity index (χ3v) is 3.70. The first-order chi connectivity index (χ1) is 14.2. The summed E-state index contributed by atoms with van der Waals surface area (Å²) < 4.78 is 10.5. The molecule has 0 radical (unpaired) electrons. The Morgan fingerprint density at radius 3 is 1.90 bits per heavy atom. The van der Waals surface area contributed by atoms with Crippen LogP contribution in [0.25, 0.3) is 0 Å². The van der Waals surface area contributed by atoms with Crippen molar-refractivity contribution in [2.24, 2.45) is 5.73 Å². The predicted molar refractivity (Wildman–Crippen MR) is 115 cm³/mol. The Kier molecular flexibility index (Phi) is 9.02. The molecule has 0 fully saturated rings. The van der Waals surface area contributed by atoms with Crippen LogP contribution in [0.3, 0.4) is 0 Å². The van der Waals surface area contributed by atoms with E-state index in [1.54, 1.807) is 65.8 Å². The summed E-state index contributed by atoms with van der Waals surface area (Å²) in [5.74, 6) is -2.25. The zero-order valence-electron chi connectivity index (χ0n) is 19.0. The Hall–Kier alpha value is -3.10. The molecule has 9 nitrogen and oxygen atoms in total. The molecular formula is C22H33N3O6. The zero-order valence-corrected chi connectivity index (χ0v) is 19.0. The van der Waals surface area contributed by atoms with E-state index in [0.717, 1.165) is 5.56 Å². The van der Waals surface area contributed by atoms with Crippen LogP contribution in [0.4, 0.5) is 4.79 Å². The van der Waals surface area contributed by atoms with Crippen molar-refractivity contribution < 1.29 is 28.7 Å². The van der Waals surface area contributed by atoms with E-state index in [4.69, 9.17) is 15.2 Å². The van der Waals surface area contributed by atoms with Crippen molar-refractivity contribution in [3.05, 3.63) is 35.9 Å². The Balaban J connectivity index is 3.04. The number of nitrogens with two attached hydrogens (primary N) is 1. The number of amides is 3. The van der Waals surface area contributed by atoms with E-state index >= 15 is 0 Å². The molecule has 0 heterocycles. The van der Waals surface area contributed by atoms with Gasteiger partial charge in [-0.2, -0.15) is 0 Å². The van der Waals surface area contributed by atoms with Crippen LogP contribution in [0.2, 0.25) is 0 Å². The topological polar surface area (TPSA) is 137 Å². The summed E-state index contributed by atoms with van der Waals surface area (Å²) in [7, 11) is 0. The summed E-state index contributed by atoms with van der Waals surface area (Å²) >= 11 is 0. The zero-order chi connectivity index (χ0) is 23.8. The number of esters is 1. The molecule has 9 heteroatoms. The van der Waals surface area contributed by atoms with Crippen molar-refractivity contribution in [1.29, 1.82) is 0 Å². The summed E-state index contributed by atoms with van der Waals surface area (Å²) in [4.78, 5) is 49.1. The molecule has 0 bridgehead atoms. The highest BCUT2D eigenvalue weighted by atomic mass is 16.6. The van der Waals surface area contributed by atoms with Crippen molar-refractivity contribution >= 4 is 23.9 Å². The second-order valence-electron chi connectivity index (χ2n) is 9.15. The molecule has 0 unspecified atom stereocenters. The molecule has 0 aliphatic carbocycles. The molecule has 4 N–H and O–H groups in total. The molecule has 1 rings (SSSR count). The normalized spacial score (nSPS) is 13.5. The van der Waals surface area contributed by atoms with E-state index in [2.05, 4.69) is 10.6 Å². The number of carbonyl (C=O) groups excluding carboxylic acids is 4. The first-order valence-corrected chi connectivity index (χ1v) is 10.0. The van der Waals surface area contributed by atoms with Crippen molar-refractivity contribution in [3.63, 3.8) is 0 Å².